The van der Waals surface area contributed by atoms with Crippen LogP contribution in [0.3, 0.4) is 0 Å². The van der Waals surface area contributed by atoms with Crippen molar-refractivity contribution in [1.82, 2.24) is 0 Å². The number of allylic oxidation sites excluding steroid dienone is 2. The van der Waals surface area contributed by atoms with Crippen molar-refractivity contribution in [2.24, 2.45) is 17.8 Å². The number of hydrogen-bond acceptors (Lipinski definition) is 1. The Hall–Kier alpha value is -2.47. The van der Waals surface area contributed by atoms with Crippen LogP contribution in [0.25, 0.3) is 11.1 Å². The van der Waals surface area contributed by atoms with E-state index in [9.17, 15) is 8.78 Å². The fourth-order valence-corrected chi connectivity index (χ4v) is 5.47. The highest BCUT2D eigenvalue weighted by atomic mass is 19.1. The Morgan fingerprint density at radius 1 is 0.931 bits per heavy atom. The van der Waals surface area contributed by atoms with Crippen LogP contribution < -0.4 is 0 Å². The summed E-state index contributed by atoms with van der Waals surface area (Å²) in [6.07, 6.45) is 11.9. The van der Waals surface area contributed by atoms with Gasteiger partial charge in [0, 0.05) is 5.56 Å². The summed E-state index contributed by atoms with van der Waals surface area (Å²) in [5.74, 6) is 1.79. The zero-order valence-electron chi connectivity index (χ0n) is 16.9. The largest absolute Gasteiger partial charge is 0.206 e. The number of hydrogen-bond donors (Lipinski definition) is 0. The van der Waals surface area contributed by atoms with E-state index < -0.39 is 5.82 Å². The molecule has 1 nitrogen and oxygen atoms in total. The van der Waals surface area contributed by atoms with Gasteiger partial charge in [-0.15, -0.1) is 0 Å². The molecular formula is C26H27F2N. The predicted molar refractivity (Wildman–Crippen MR) is 112 cm³/mol. The van der Waals surface area contributed by atoms with Gasteiger partial charge in [-0.2, -0.15) is 5.26 Å². The normalized spacial score (nSPS) is 26.8. The number of benzene rings is 2. The van der Waals surface area contributed by atoms with E-state index in [0.29, 0.717) is 17.0 Å². The molecule has 2 aromatic rings. The van der Waals surface area contributed by atoms with Crippen LogP contribution in [-0.4, -0.2) is 0 Å². The number of rotatable bonds is 3. The van der Waals surface area contributed by atoms with Crippen LogP contribution in [-0.2, 0) is 0 Å². The van der Waals surface area contributed by atoms with Crippen molar-refractivity contribution in [2.75, 3.05) is 0 Å². The lowest BCUT2D eigenvalue weighted by molar-refractivity contribution is 0.133. The van der Waals surface area contributed by atoms with E-state index in [4.69, 9.17) is 5.26 Å². The van der Waals surface area contributed by atoms with Crippen molar-refractivity contribution in [3.8, 4) is 17.2 Å². The Bertz CT molecular complexity index is 956. The van der Waals surface area contributed by atoms with Crippen molar-refractivity contribution >= 4 is 0 Å². The van der Waals surface area contributed by atoms with Crippen molar-refractivity contribution < 1.29 is 8.78 Å². The first-order chi connectivity index (χ1) is 14.1. The second-order valence-corrected chi connectivity index (χ2v) is 8.67. The van der Waals surface area contributed by atoms with Crippen LogP contribution in [0.15, 0.2) is 48.6 Å². The first-order valence-electron chi connectivity index (χ1n) is 10.7. The molecule has 0 bridgehead atoms. The van der Waals surface area contributed by atoms with Crippen molar-refractivity contribution in [3.05, 3.63) is 71.3 Å². The minimum Gasteiger partial charge on any atom is -0.206 e. The number of fused-ring (bicyclic) bond motifs is 1. The number of nitrogens with zero attached hydrogens (tertiary/aromatic N) is 1. The standard InChI is InChI=1S/C26H27F2N/c1-2-3-17-4-5-19-13-20(7-6-18(19)12-17)21-10-11-24(26(28)14-21)22-8-9-23(16-29)25(27)15-22/h2-3,8-11,14-15,17-20H,4-7,12-13H2,1H3/b3-2+. The van der Waals surface area contributed by atoms with Crippen LogP contribution in [0.2, 0.25) is 0 Å². The molecule has 2 fully saturated rings. The van der Waals surface area contributed by atoms with Gasteiger partial charge in [-0.25, -0.2) is 8.78 Å². The van der Waals surface area contributed by atoms with E-state index in [-0.39, 0.29) is 11.4 Å². The maximum Gasteiger partial charge on any atom is 0.141 e. The molecule has 2 aromatic carbocycles. The summed E-state index contributed by atoms with van der Waals surface area (Å²) in [7, 11) is 0. The molecule has 0 heterocycles. The maximum atomic E-state index is 14.9. The van der Waals surface area contributed by atoms with Gasteiger partial charge < -0.3 is 0 Å². The van der Waals surface area contributed by atoms with E-state index in [1.54, 1.807) is 24.3 Å². The van der Waals surface area contributed by atoms with Gasteiger partial charge in [0.2, 0.25) is 0 Å². The molecule has 4 rings (SSSR count). The van der Waals surface area contributed by atoms with E-state index in [0.717, 1.165) is 36.2 Å². The molecule has 4 unspecified atom stereocenters. The summed E-state index contributed by atoms with van der Waals surface area (Å²) >= 11 is 0. The first kappa shape index (κ1) is 19.8. The molecule has 2 aliphatic rings. The van der Waals surface area contributed by atoms with Gasteiger partial charge in [-0.1, -0.05) is 30.4 Å². The molecule has 4 atom stereocenters. The van der Waals surface area contributed by atoms with Crippen LogP contribution in [0.1, 0.15) is 62.5 Å². The van der Waals surface area contributed by atoms with Crippen molar-refractivity contribution in [3.63, 3.8) is 0 Å². The monoisotopic (exact) mass is 391 g/mol. The molecule has 0 aromatic heterocycles. The molecule has 0 spiro atoms. The number of halogens is 2. The highest BCUT2D eigenvalue weighted by molar-refractivity contribution is 5.65. The lowest BCUT2D eigenvalue weighted by Crippen LogP contribution is -2.30. The third-order valence-corrected chi connectivity index (χ3v) is 6.98. The van der Waals surface area contributed by atoms with Crippen LogP contribution in [0, 0.1) is 40.7 Å². The lowest BCUT2D eigenvalue weighted by atomic mass is 9.64. The summed E-state index contributed by atoms with van der Waals surface area (Å²) in [4.78, 5) is 0. The van der Waals surface area contributed by atoms with Gasteiger partial charge in [-0.05, 0) is 98.4 Å². The van der Waals surface area contributed by atoms with E-state index in [2.05, 4.69) is 19.1 Å². The Morgan fingerprint density at radius 3 is 2.45 bits per heavy atom. The first-order valence-corrected chi connectivity index (χ1v) is 10.7. The maximum absolute atomic E-state index is 14.9. The molecule has 29 heavy (non-hydrogen) atoms. The summed E-state index contributed by atoms with van der Waals surface area (Å²) < 4.78 is 28.8. The summed E-state index contributed by atoms with van der Waals surface area (Å²) in [6.45, 7) is 2.10. The Balaban J connectivity index is 1.49. The van der Waals surface area contributed by atoms with Gasteiger partial charge in [0.15, 0.2) is 0 Å². The van der Waals surface area contributed by atoms with Gasteiger partial charge >= 0.3 is 0 Å². The minimum atomic E-state index is -0.611. The summed E-state index contributed by atoms with van der Waals surface area (Å²) in [6, 6.07) is 11.5. The Kier molecular flexibility index (Phi) is 5.81. The highest BCUT2D eigenvalue weighted by Crippen LogP contribution is 2.48. The molecule has 150 valence electrons. The molecule has 0 saturated heterocycles. The smallest absolute Gasteiger partial charge is 0.141 e. The highest BCUT2D eigenvalue weighted by Gasteiger charge is 2.35. The minimum absolute atomic E-state index is 0.0216. The molecule has 0 aliphatic heterocycles. The second-order valence-electron chi connectivity index (χ2n) is 8.67. The average molecular weight is 392 g/mol. The molecule has 0 amide bonds. The second kappa shape index (κ2) is 8.49. The molecule has 2 saturated carbocycles. The van der Waals surface area contributed by atoms with Crippen molar-refractivity contribution in [1.29, 1.82) is 5.26 Å². The van der Waals surface area contributed by atoms with E-state index in [1.807, 2.05) is 6.07 Å². The molecule has 0 radical (unpaired) electrons. The third kappa shape index (κ3) is 4.13. The molecule has 3 heteroatoms. The van der Waals surface area contributed by atoms with Gasteiger partial charge in [0.05, 0.1) is 5.56 Å². The van der Waals surface area contributed by atoms with Crippen LogP contribution >= 0.6 is 0 Å². The van der Waals surface area contributed by atoms with Gasteiger partial charge in [0.1, 0.15) is 17.7 Å². The quantitative estimate of drug-likeness (QED) is 0.501. The summed E-state index contributed by atoms with van der Waals surface area (Å²) in [5.41, 5.74) is 1.90. The Labute approximate surface area is 172 Å². The van der Waals surface area contributed by atoms with Crippen LogP contribution in [0.4, 0.5) is 8.78 Å². The van der Waals surface area contributed by atoms with Gasteiger partial charge in [-0.3, -0.25) is 0 Å². The fraction of sp³-hybridized carbons (Fsp3) is 0.423. The molecular weight excluding hydrogens is 364 g/mol. The summed E-state index contributed by atoms with van der Waals surface area (Å²) in [5, 5.41) is 8.87. The molecule has 2 aliphatic carbocycles. The van der Waals surface area contributed by atoms with Gasteiger partial charge in [0.25, 0.3) is 0 Å². The molecule has 0 N–H and O–H groups in total. The zero-order chi connectivity index (χ0) is 20.4. The SMILES string of the molecule is C/C=C/C1CCC2CC(c3ccc(-c4ccc(C#N)c(F)c4)c(F)c3)CCC2C1. The zero-order valence-corrected chi connectivity index (χ0v) is 16.9. The average Bonchev–Trinajstić information content (AvgIpc) is 2.73. The Morgan fingerprint density at radius 2 is 1.72 bits per heavy atom. The number of nitriles is 1. The van der Waals surface area contributed by atoms with Crippen LogP contribution in [0.5, 0.6) is 0 Å². The van der Waals surface area contributed by atoms with E-state index >= 15 is 0 Å². The fourth-order valence-electron chi connectivity index (χ4n) is 5.47. The predicted octanol–water partition coefficient (Wildman–Crippen LogP) is 7.38. The lowest BCUT2D eigenvalue weighted by Gasteiger charge is -2.41. The van der Waals surface area contributed by atoms with Crippen molar-refractivity contribution in [2.45, 2.75) is 51.4 Å². The third-order valence-electron chi connectivity index (χ3n) is 6.98. The van der Waals surface area contributed by atoms with E-state index in [1.165, 1.54) is 37.8 Å². The topological polar surface area (TPSA) is 23.8 Å².